The molecule has 1 aliphatic rings. The molecule has 37 heavy (non-hydrogen) atoms. The molecule has 0 amide bonds. The molecule has 1 heterocycles. The molecule has 1 aliphatic carbocycles. The molecule has 1 saturated carbocycles. The van der Waals surface area contributed by atoms with Gasteiger partial charge in [0.2, 0.25) is 5.95 Å². The van der Waals surface area contributed by atoms with Gasteiger partial charge in [-0.2, -0.15) is 0 Å². The molecule has 7 nitrogen and oxygen atoms in total. The summed E-state index contributed by atoms with van der Waals surface area (Å²) in [4.78, 5) is 15.8. The molecule has 10 heteroatoms. The molecule has 0 aliphatic heterocycles. The molecule has 1 aromatic carbocycles. The standard InChI is InChI=1S/C27H34F3N3O4/c1-5-18(6-11-24(35)36)13-23-17(2)33(21-12-19(16-34)14-26(3,4)15-21)25(32-23)31-20-7-9-22(10-8-20)37-27(28,29)30/h5,7-10,13,19,21,34H,2,6,11-12,14-16H2,1,3-4H3,(H,31,32)(H,35,36)/b18-5-,23-13+/t19?,21-/m1/s1. The van der Waals surface area contributed by atoms with Crippen LogP contribution in [0.5, 0.6) is 5.75 Å². The van der Waals surface area contributed by atoms with Crippen molar-refractivity contribution < 1.29 is 32.9 Å². The number of hydrogen-bond donors (Lipinski definition) is 3. The summed E-state index contributed by atoms with van der Waals surface area (Å²) in [6.45, 7) is 10.5. The molecule has 202 valence electrons. The molecule has 1 aromatic heterocycles. The minimum absolute atomic E-state index is 0.0181. The van der Waals surface area contributed by atoms with Gasteiger partial charge in [0.1, 0.15) is 5.75 Å². The van der Waals surface area contributed by atoms with Crippen molar-refractivity contribution in [2.45, 2.75) is 65.3 Å². The molecule has 1 unspecified atom stereocenters. The Kier molecular flexibility index (Phi) is 8.73. The van der Waals surface area contributed by atoms with Gasteiger partial charge in [0, 0.05) is 24.8 Å². The van der Waals surface area contributed by atoms with Crippen molar-refractivity contribution in [3.8, 4) is 5.75 Å². The molecule has 3 rings (SSSR count). The van der Waals surface area contributed by atoms with Crippen LogP contribution in [-0.4, -0.2) is 38.7 Å². The molecule has 2 atom stereocenters. The summed E-state index contributed by atoms with van der Waals surface area (Å²) in [7, 11) is 0. The maximum absolute atomic E-state index is 12.5. The number of nitrogens with one attached hydrogen (secondary N) is 1. The third kappa shape index (κ3) is 7.85. The Balaban J connectivity index is 2.03. The van der Waals surface area contributed by atoms with E-state index in [1.807, 2.05) is 23.6 Å². The maximum atomic E-state index is 12.5. The van der Waals surface area contributed by atoms with Gasteiger partial charge in [-0.1, -0.05) is 26.5 Å². The minimum atomic E-state index is -4.78. The number of aromatic nitrogens is 2. The minimum Gasteiger partial charge on any atom is -0.481 e. The first-order valence-corrected chi connectivity index (χ1v) is 12.2. The van der Waals surface area contributed by atoms with Gasteiger partial charge in [-0.05, 0) is 79.9 Å². The third-order valence-corrected chi connectivity index (χ3v) is 6.56. The lowest BCUT2D eigenvalue weighted by Gasteiger charge is -2.40. The van der Waals surface area contributed by atoms with Gasteiger partial charge >= 0.3 is 12.3 Å². The highest BCUT2D eigenvalue weighted by molar-refractivity contribution is 5.68. The number of nitrogens with zero attached hydrogens (tertiary/aromatic N) is 2. The summed E-state index contributed by atoms with van der Waals surface area (Å²) in [6, 6.07) is 5.36. The van der Waals surface area contributed by atoms with E-state index in [0.717, 1.165) is 24.8 Å². The molecule has 0 saturated heterocycles. The number of hydrogen-bond acceptors (Lipinski definition) is 5. The molecule has 0 bridgehead atoms. The number of ether oxygens (including phenoxy) is 1. The van der Waals surface area contributed by atoms with Crippen LogP contribution in [0.3, 0.4) is 0 Å². The van der Waals surface area contributed by atoms with Crippen molar-refractivity contribution in [3.63, 3.8) is 0 Å². The van der Waals surface area contributed by atoms with Crippen LogP contribution in [0.1, 0.15) is 58.9 Å². The summed E-state index contributed by atoms with van der Waals surface area (Å²) >= 11 is 0. The van der Waals surface area contributed by atoms with Gasteiger partial charge in [-0.15, -0.1) is 13.2 Å². The highest BCUT2D eigenvalue weighted by Gasteiger charge is 2.36. The van der Waals surface area contributed by atoms with Gasteiger partial charge in [0.25, 0.3) is 0 Å². The Morgan fingerprint density at radius 3 is 2.51 bits per heavy atom. The zero-order chi connectivity index (χ0) is 27.4. The van der Waals surface area contributed by atoms with Crippen LogP contribution >= 0.6 is 0 Å². The van der Waals surface area contributed by atoms with E-state index >= 15 is 0 Å². The van der Waals surface area contributed by atoms with Crippen molar-refractivity contribution in [3.05, 3.63) is 46.6 Å². The van der Waals surface area contributed by atoms with Gasteiger partial charge in [0.05, 0.1) is 10.7 Å². The van der Waals surface area contributed by atoms with Crippen molar-refractivity contribution >= 4 is 30.3 Å². The Morgan fingerprint density at radius 2 is 1.95 bits per heavy atom. The predicted molar refractivity (Wildman–Crippen MR) is 136 cm³/mol. The van der Waals surface area contributed by atoms with E-state index in [1.165, 1.54) is 24.3 Å². The fourth-order valence-corrected chi connectivity index (χ4v) is 5.07. The number of aliphatic hydroxyl groups is 1. The van der Waals surface area contributed by atoms with E-state index in [0.29, 0.717) is 28.8 Å². The quantitative estimate of drug-likeness (QED) is 0.435. The second-order valence-corrected chi connectivity index (χ2v) is 10.2. The summed E-state index contributed by atoms with van der Waals surface area (Å²) in [5, 5.41) is 23.4. The third-order valence-electron chi connectivity index (χ3n) is 6.56. The van der Waals surface area contributed by atoms with E-state index in [2.05, 4.69) is 30.5 Å². The SMILES string of the molecule is C=c1/c(=C\C(=C/C)CCC(=O)O)nc(Nc2ccc(OC(F)(F)F)cc2)n1[C@@H]1CC(CO)CC(C)(C)C1. The lowest BCUT2D eigenvalue weighted by molar-refractivity contribution is -0.274. The average Bonchev–Trinajstić information content (AvgIpc) is 3.10. The first-order chi connectivity index (χ1) is 17.3. The fraction of sp³-hybridized carbons (Fsp3) is 0.481. The fourth-order valence-electron chi connectivity index (χ4n) is 5.07. The number of carboxylic acids is 1. The van der Waals surface area contributed by atoms with Crippen LogP contribution in [0.2, 0.25) is 0 Å². The summed E-state index contributed by atoms with van der Waals surface area (Å²) in [5.74, 6) is -0.651. The molecule has 0 spiro atoms. The number of rotatable bonds is 9. The molecule has 2 aromatic rings. The highest BCUT2D eigenvalue weighted by Crippen LogP contribution is 2.44. The Hall–Kier alpha value is -3.27. The van der Waals surface area contributed by atoms with E-state index < -0.39 is 12.3 Å². The van der Waals surface area contributed by atoms with E-state index in [4.69, 9.17) is 10.1 Å². The van der Waals surface area contributed by atoms with Crippen LogP contribution in [0.4, 0.5) is 24.8 Å². The molecule has 1 fully saturated rings. The van der Waals surface area contributed by atoms with Crippen LogP contribution in [-0.2, 0) is 4.79 Å². The second kappa shape index (κ2) is 11.4. The lowest BCUT2D eigenvalue weighted by Crippen LogP contribution is -2.38. The van der Waals surface area contributed by atoms with E-state index in [1.54, 1.807) is 0 Å². The highest BCUT2D eigenvalue weighted by atomic mass is 19.4. The van der Waals surface area contributed by atoms with Crippen molar-refractivity contribution in [1.29, 1.82) is 0 Å². The summed E-state index contributed by atoms with van der Waals surface area (Å²) in [5.41, 5.74) is 1.29. The number of benzene rings is 1. The Morgan fingerprint density at radius 1 is 1.27 bits per heavy atom. The topological polar surface area (TPSA) is 96.6 Å². The van der Waals surface area contributed by atoms with Crippen molar-refractivity contribution in [2.75, 3.05) is 11.9 Å². The van der Waals surface area contributed by atoms with Crippen LogP contribution < -0.4 is 20.8 Å². The van der Waals surface area contributed by atoms with Crippen molar-refractivity contribution in [1.82, 2.24) is 9.55 Å². The molecule has 3 N–H and O–H groups in total. The zero-order valence-corrected chi connectivity index (χ0v) is 21.3. The largest absolute Gasteiger partial charge is 0.573 e. The number of carbonyl (C=O) groups is 1. The number of aliphatic carboxylic acids is 1. The number of anilines is 2. The first-order valence-electron chi connectivity index (χ1n) is 12.2. The number of halogens is 3. The molecule has 0 radical (unpaired) electrons. The molecular weight excluding hydrogens is 487 g/mol. The number of allylic oxidation sites excluding steroid dienone is 2. The Labute approximate surface area is 214 Å². The monoisotopic (exact) mass is 521 g/mol. The number of imidazole rings is 1. The normalized spacial score (nSPS) is 20.6. The molecular formula is C27H34F3N3O4. The second-order valence-electron chi connectivity index (χ2n) is 10.2. The van der Waals surface area contributed by atoms with Crippen LogP contribution in [0.25, 0.3) is 12.7 Å². The van der Waals surface area contributed by atoms with E-state index in [9.17, 15) is 23.1 Å². The van der Waals surface area contributed by atoms with Gasteiger partial charge < -0.3 is 24.8 Å². The van der Waals surface area contributed by atoms with Crippen LogP contribution in [0, 0.1) is 11.3 Å². The number of aliphatic hydroxyl groups excluding tert-OH is 1. The van der Waals surface area contributed by atoms with Gasteiger partial charge in [0.15, 0.2) is 0 Å². The summed E-state index contributed by atoms with van der Waals surface area (Å²) in [6.07, 6.45) is 1.62. The zero-order valence-electron chi connectivity index (χ0n) is 21.3. The van der Waals surface area contributed by atoms with Gasteiger partial charge in [-0.25, -0.2) is 4.98 Å². The predicted octanol–water partition coefficient (Wildman–Crippen LogP) is 4.89. The van der Waals surface area contributed by atoms with Gasteiger partial charge in [-0.3, -0.25) is 4.79 Å². The Bertz CT molecular complexity index is 1230. The number of carboxylic acid groups (broad SMARTS) is 1. The smallest absolute Gasteiger partial charge is 0.481 e. The summed E-state index contributed by atoms with van der Waals surface area (Å²) < 4.78 is 43.5. The van der Waals surface area contributed by atoms with Crippen LogP contribution in [0.15, 0.2) is 35.9 Å². The maximum Gasteiger partial charge on any atom is 0.573 e. The average molecular weight is 522 g/mol. The first kappa shape index (κ1) is 28.3. The number of alkyl halides is 3. The lowest BCUT2D eigenvalue weighted by atomic mass is 9.70. The van der Waals surface area contributed by atoms with Crippen molar-refractivity contribution in [2.24, 2.45) is 11.3 Å². The van der Waals surface area contributed by atoms with E-state index in [-0.39, 0.29) is 36.2 Å².